The number of hydrogen-bond acceptors (Lipinski definition) is 3. The fraction of sp³-hybridized carbons (Fsp3) is 0.429. The van der Waals surface area contributed by atoms with Crippen LogP contribution in [-0.4, -0.2) is 24.9 Å². The van der Waals surface area contributed by atoms with Gasteiger partial charge in [0.25, 0.3) is 0 Å². The molecule has 0 amide bonds. The van der Waals surface area contributed by atoms with E-state index in [2.05, 4.69) is 54.7 Å². The summed E-state index contributed by atoms with van der Waals surface area (Å²) in [6, 6.07) is 17.4. The van der Waals surface area contributed by atoms with Crippen LogP contribution in [0.4, 0.5) is 0 Å². The van der Waals surface area contributed by atoms with E-state index in [0.717, 1.165) is 38.2 Å². The number of fused-ring (bicyclic) bond motifs is 1. The molecule has 1 heterocycles. The van der Waals surface area contributed by atoms with Crippen LogP contribution < -0.4 is 10.1 Å². The Balaban J connectivity index is 1.68. The number of nitrogens with one attached hydrogen (secondary N) is 1. The maximum atomic E-state index is 9.40. The van der Waals surface area contributed by atoms with Gasteiger partial charge in [-0.15, -0.1) is 0 Å². The van der Waals surface area contributed by atoms with Crippen molar-refractivity contribution in [1.29, 1.82) is 0 Å². The van der Waals surface area contributed by atoms with Crippen LogP contribution in [0.15, 0.2) is 48.5 Å². The lowest BCUT2D eigenvalue weighted by molar-refractivity contribution is 0.271. The summed E-state index contributed by atoms with van der Waals surface area (Å²) in [4.78, 5) is 0. The highest BCUT2D eigenvalue weighted by Gasteiger charge is 2.18. The number of benzene rings is 2. The summed E-state index contributed by atoms with van der Waals surface area (Å²) in [5.74, 6) is 1.37. The van der Waals surface area contributed by atoms with Gasteiger partial charge in [-0.05, 0) is 41.5 Å². The van der Waals surface area contributed by atoms with Crippen LogP contribution in [-0.2, 0) is 6.42 Å². The molecule has 2 atom stereocenters. The molecule has 1 aliphatic heterocycles. The van der Waals surface area contributed by atoms with E-state index in [1.165, 1.54) is 16.7 Å². The first kappa shape index (κ1) is 17.0. The van der Waals surface area contributed by atoms with Crippen molar-refractivity contribution in [2.45, 2.75) is 38.1 Å². The Bertz CT molecular complexity index is 642. The van der Waals surface area contributed by atoms with Crippen LogP contribution in [0.5, 0.6) is 5.75 Å². The molecule has 128 valence electrons. The molecule has 24 heavy (non-hydrogen) atoms. The monoisotopic (exact) mass is 325 g/mol. The summed E-state index contributed by atoms with van der Waals surface area (Å²) >= 11 is 0. The molecule has 2 unspecified atom stereocenters. The van der Waals surface area contributed by atoms with Gasteiger partial charge >= 0.3 is 0 Å². The third-order valence-electron chi connectivity index (χ3n) is 4.88. The molecule has 0 bridgehead atoms. The molecule has 0 spiro atoms. The molecule has 0 aliphatic carbocycles. The van der Waals surface area contributed by atoms with Crippen molar-refractivity contribution >= 4 is 0 Å². The summed E-state index contributed by atoms with van der Waals surface area (Å²) in [5.41, 5.74) is 3.94. The Morgan fingerprint density at radius 1 is 1.12 bits per heavy atom. The average Bonchev–Trinajstić information content (AvgIpc) is 3.10. The first-order valence-corrected chi connectivity index (χ1v) is 8.96. The maximum Gasteiger partial charge on any atom is 0.122 e. The normalized spacial score (nSPS) is 15.6. The molecule has 2 aromatic carbocycles. The van der Waals surface area contributed by atoms with Crippen molar-refractivity contribution in [1.82, 2.24) is 5.32 Å². The van der Waals surface area contributed by atoms with Gasteiger partial charge in [0.2, 0.25) is 0 Å². The van der Waals surface area contributed by atoms with Crippen LogP contribution in [0.1, 0.15) is 48.4 Å². The van der Waals surface area contributed by atoms with E-state index in [1.54, 1.807) is 0 Å². The summed E-state index contributed by atoms with van der Waals surface area (Å²) in [6.07, 6.45) is 2.84. The number of hydrogen-bond donors (Lipinski definition) is 2. The van der Waals surface area contributed by atoms with Gasteiger partial charge in [0.05, 0.1) is 6.61 Å². The Kier molecular flexibility index (Phi) is 5.89. The standard InChI is InChI=1S/C21H27NO2/c1-2-20(17-8-9-21-18(14-17)11-13-24-21)22-15-19(10-12-23)16-6-4-3-5-7-16/h3-9,14,19-20,22-23H,2,10-13,15H2,1H3. The van der Waals surface area contributed by atoms with Gasteiger partial charge in [-0.1, -0.05) is 49.4 Å². The van der Waals surface area contributed by atoms with Gasteiger partial charge in [-0.2, -0.15) is 0 Å². The summed E-state index contributed by atoms with van der Waals surface area (Å²) in [5, 5.41) is 13.1. The summed E-state index contributed by atoms with van der Waals surface area (Å²) in [6.45, 7) is 4.10. The lowest BCUT2D eigenvalue weighted by Crippen LogP contribution is -2.26. The highest BCUT2D eigenvalue weighted by molar-refractivity contribution is 5.40. The number of rotatable bonds is 8. The van der Waals surface area contributed by atoms with Crippen LogP contribution in [0.3, 0.4) is 0 Å². The van der Waals surface area contributed by atoms with Crippen molar-refractivity contribution in [3.05, 3.63) is 65.2 Å². The van der Waals surface area contributed by atoms with Crippen LogP contribution in [0, 0.1) is 0 Å². The van der Waals surface area contributed by atoms with Gasteiger partial charge in [-0.25, -0.2) is 0 Å². The van der Waals surface area contributed by atoms with E-state index in [-0.39, 0.29) is 6.61 Å². The summed E-state index contributed by atoms with van der Waals surface area (Å²) in [7, 11) is 0. The van der Waals surface area contributed by atoms with Crippen LogP contribution >= 0.6 is 0 Å². The highest BCUT2D eigenvalue weighted by atomic mass is 16.5. The average molecular weight is 325 g/mol. The second-order valence-electron chi connectivity index (χ2n) is 6.45. The molecule has 3 rings (SSSR count). The van der Waals surface area contributed by atoms with Crippen molar-refractivity contribution in [2.75, 3.05) is 19.8 Å². The fourth-order valence-electron chi connectivity index (χ4n) is 3.47. The van der Waals surface area contributed by atoms with Gasteiger partial charge in [0.1, 0.15) is 5.75 Å². The quantitative estimate of drug-likeness (QED) is 0.775. The molecule has 0 aromatic heterocycles. The zero-order valence-electron chi connectivity index (χ0n) is 14.4. The molecule has 0 radical (unpaired) electrons. The molecule has 0 fully saturated rings. The van der Waals surface area contributed by atoms with E-state index in [9.17, 15) is 5.11 Å². The first-order valence-electron chi connectivity index (χ1n) is 8.96. The minimum Gasteiger partial charge on any atom is -0.493 e. The Labute approximate surface area is 144 Å². The predicted octanol–water partition coefficient (Wildman–Crippen LogP) is 3.83. The van der Waals surface area contributed by atoms with E-state index < -0.39 is 0 Å². The van der Waals surface area contributed by atoms with Crippen molar-refractivity contribution in [3.8, 4) is 5.75 Å². The molecule has 0 saturated carbocycles. The van der Waals surface area contributed by atoms with E-state index in [4.69, 9.17) is 4.74 Å². The third-order valence-corrected chi connectivity index (χ3v) is 4.88. The SMILES string of the molecule is CCC(NCC(CCO)c1ccccc1)c1ccc2c(c1)CCO2. The number of aliphatic hydroxyl groups excluding tert-OH is 1. The van der Waals surface area contributed by atoms with Crippen molar-refractivity contribution in [2.24, 2.45) is 0 Å². The van der Waals surface area contributed by atoms with E-state index in [1.807, 2.05) is 6.07 Å². The second kappa shape index (κ2) is 8.32. The van der Waals surface area contributed by atoms with Crippen molar-refractivity contribution < 1.29 is 9.84 Å². The maximum absolute atomic E-state index is 9.40. The smallest absolute Gasteiger partial charge is 0.122 e. The molecule has 2 aromatic rings. The largest absolute Gasteiger partial charge is 0.493 e. The van der Waals surface area contributed by atoms with Gasteiger partial charge in [-0.3, -0.25) is 0 Å². The topological polar surface area (TPSA) is 41.5 Å². The Morgan fingerprint density at radius 3 is 2.71 bits per heavy atom. The lowest BCUT2D eigenvalue weighted by Gasteiger charge is -2.23. The lowest BCUT2D eigenvalue weighted by atomic mass is 9.94. The van der Waals surface area contributed by atoms with Crippen molar-refractivity contribution in [3.63, 3.8) is 0 Å². The Hall–Kier alpha value is -1.84. The minimum absolute atomic E-state index is 0.216. The van der Waals surface area contributed by atoms with Gasteiger partial charge in [0, 0.05) is 25.6 Å². The summed E-state index contributed by atoms with van der Waals surface area (Å²) < 4.78 is 5.61. The molecule has 1 aliphatic rings. The molecular formula is C21H27NO2. The van der Waals surface area contributed by atoms with Crippen LogP contribution in [0.25, 0.3) is 0 Å². The molecule has 0 saturated heterocycles. The zero-order chi connectivity index (χ0) is 16.8. The van der Waals surface area contributed by atoms with Crippen LogP contribution in [0.2, 0.25) is 0 Å². The third kappa shape index (κ3) is 3.97. The number of aliphatic hydroxyl groups is 1. The molecule has 3 nitrogen and oxygen atoms in total. The number of ether oxygens (including phenoxy) is 1. The predicted molar refractivity (Wildman–Crippen MR) is 97.6 cm³/mol. The molecule has 3 heteroatoms. The molecule has 2 N–H and O–H groups in total. The molecular weight excluding hydrogens is 298 g/mol. The van der Waals surface area contributed by atoms with Gasteiger partial charge in [0.15, 0.2) is 0 Å². The highest BCUT2D eigenvalue weighted by Crippen LogP contribution is 2.29. The van der Waals surface area contributed by atoms with E-state index >= 15 is 0 Å². The zero-order valence-corrected chi connectivity index (χ0v) is 14.4. The first-order chi connectivity index (χ1) is 11.8. The van der Waals surface area contributed by atoms with E-state index in [0.29, 0.717) is 12.0 Å². The minimum atomic E-state index is 0.216. The fourth-order valence-corrected chi connectivity index (χ4v) is 3.47. The van der Waals surface area contributed by atoms with Gasteiger partial charge < -0.3 is 15.2 Å². The second-order valence-corrected chi connectivity index (χ2v) is 6.45. The Morgan fingerprint density at radius 2 is 1.96 bits per heavy atom.